The Labute approximate surface area is 145 Å². The van der Waals surface area contributed by atoms with Gasteiger partial charge in [0.15, 0.2) is 0 Å². The van der Waals surface area contributed by atoms with Crippen molar-refractivity contribution >= 4 is 34.7 Å². The number of benzene rings is 2. The monoisotopic (exact) mass is 406 g/mol. The third-order valence-electron chi connectivity index (χ3n) is 3.26. The predicted molar refractivity (Wildman–Crippen MR) is 99.4 cm³/mol. The van der Waals surface area contributed by atoms with Crippen molar-refractivity contribution < 1.29 is 4.79 Å². The van der Waals surface area contributed by atoms with Crippen LogP contribution in [0.1, 0.15) is 42.3 Å². The SMILES string of the molecule is CC(C)(C)c1ccc(C(=O)N/N=C\c2ccc(I)cc2)cc1. The van der Waals surface area contributed by atoms with E-state index < -0.39 is 0 Å². The van der Waals surface area contributed by atoms with Gasteiger partial charge in [-0.15, -0.1) is 0 Å². The summed E-state index contributed by atoms with van der Waals surface area (Å²) in [4.78, 5) is 12.0. The van der Waals surface area contributed by atoms with E-state index in [1.807, 2.05) is 48.5 Å². The van der Waals surface area contributed by atoms with Gasteiger partial charge >= 0.3 is 0 Å². The summed E-state index contributed by atoms with van der Waals surface area (Å²) < 4.78 is 1.16. The van der Waals surface area contributed by atoms with Gasteiger partial charge < -0.3 is 0 Å². The van der Waals surface area contributed by atoms with Gasteiger partial charge in [0, 0.05) is 9.13 Å². The van der Waals surface area contributed by atoms with Crippen molar-refractivity contribution in [1.29, 1.82) is 0 Å². The Bertz CT molecular complexity index is 668. The minimum atomic E-state index is -0.206. The Morgan fingerprint density at radius 2 is 1.64 bits per heavy atom. The van der Waals surface area contributed by atoms with E-state index in [0.29, 0.717) is 5.56 Å². The standard InChI is InChI=1S/C18H19IN2O/c1-18(2,3)15-8-6-14(7-9-15)17(22)21-20-12-13-4-10-16(19)11-5-13/h4-12H,1-3H3,(H,21,22)/b20-12-. The lowest BCUT2D eigenvalue weighted by molar-refractivity contribution is 0.0955. The molecule has 22 heavy (non-hydrogen) atoms. The molecule has 0 bridgehead atoms. The Morgan fingerprint density at radius 3 is 2.18 bits per heavy atom. The average molecular weight is 406 g/mol. The van der Waals surface area contributed by atoms with Gasteiger partial charge in [0.1, 0.15) is 0 Å². The van der Waals surface area contributed by atoms with Crippen LogP contribution in [0.25, 0.3) is 0 Å². The molecule has 114 valence electrons. The average Bonchev–Trinajstić information content (AvgIpc) is 2.48. The van der Waals surface area contributed by atoms with Crippen LogP contribution in [0.5, 0.6) is 0 Å². The van der Waals surface area contributed by atoms with Crippen molar-refractivity contribution in [3.05, 3.63) is 68.8 Å². The van der Waals surface area contributed by atoms with Crippen molar-refractivity contribution in [3.63, 3.8) is 0 Å². The summed E-state index contributed by atoms with van der Waals surface area (Å²) in [7, 11) is 0. The van der Waals surface area contributed by atoms with Gasteiger partial charge in [0.25, 0.3) is 5.91 Å². The van der Waals surface area contributed by atoms with Crippen LogP contribution in [0.15, 0.2) is 53.6 Å². The van der Waals surface area contributed by atoms with Gasteiger partial charge in [0.2, 0.25) is 0 Å². The summed E-state index contributed by atoms with van der Waals surface area (Å²) in [5.41, 5.74) is 5.38. The number of amides is 1. The number of hydrogen-bond donors (Lipinski definition) is 1. The largest absolute Gasteiger partial charge is 0.271 e. The maximum absolute atomic E-state index is 12.0. The van der Waals surface area contributed by atoms with Crippen molar-refractivity contribution in [3.8, 4) is 0 Å². The summed E-state index contributed by atoms with van der Waals surface area (Å²) in [6.45, 7) is 6.44. The maximum Gasteiger partial charge on any atom is 0.271 e. The number of hydrazone groups is 1. The first kappa shape index (κ1) is 16.7. The second-order valence-corrected chi connectivity index (χ2v) is 7.32. The highest BCUT2D eigenvalue weighted by Gasteiger charge is 2.14. The molecule has 0 heterocycles. The van der Waals surface area contributed by atoms with Crippen LogP contribution < -0.4 is 5.43 Å². The van der Waals surface area contributed by atoms with E-state index in [1.165, 1.54) is 5.56 Å². The van der Waals surface area contributed by atoms with Crippen LogP contribution in [0.2, 0.25) is 0 Å². The molecule has 0 spiro atoms. The number of hydrogen-bond acceptors (Lipinski definition) is 2. The minimum absolute atomic E-state index is 0.0813. The number of carbonyl (C=O) groups is 1. The van der Waals surface area contributed by atoms with Gasteiger partial charge in [-0.05, 0) is 63.4 Å². The molecule has 4 heteroatoms. The normalized spacial score (nSPS) is 11.6. The molecular weight excluding hydrogens is 387 g/mol. The molecule has 3 nitrogen and oxygen atoms in total. The highest BCUT2D eigenvalue weighted by Crippen LogP contribution is 2.22. The fourth-order valence-electron chi connectivity index (χ4n) is 1.90. The van der Waals surface area contributed by atoms with Crippen molar-refractivity contribution in [2.75, 3.05) is 0 Å². The smallest absolute Gasteiger partial charge is 0.267 e. The van der Waals surface area contributed by atoms with Gasteiger partial charge in [-0.3, -0.25) is 4.79 Å². The van der Waals surface area contributed by atoms with Crippen LogP contribution in [-0.4, -0.2) is 12.1 Å². The van der Waals surface area contributed by atoms with Gasteiger partial charge in [0.05, 0.1) is 6.21 Å². The molecule has 2 aromatic rings. The first-order valence-corrected chi connectivity index (χ1v) is 8.14. The molecule has 0 saturated carbocycles. The summed E-state index contributed by atoms with van der Waals surface area (Å²) in [6.07, 6.45) is 1.64. The topological polar surface area (TPSA) is 41.5 Å². The van der Waals surface area contributed by atoms with Crippen molar-refractivity contribution in [2.45, 2.75) is 26.2 Å². The summed E-state index contributed by atoms with van der Waals surface area (Å²) in [5.74, 6) is -0.206. The zero-order valence-electron chi connectivity index (χ0n) is 12.9. The molecule has 0 fully saturated rings. The molecule has 0 radical (unpaired) electrons. The molecule has 0 aromatic heterocycles. The number of carbonyl (C=O) groups excluding carboxylic acids is 1. The van der Waals surface area contributed by atoms with Crippen LogP contribution in [-0.2, 0) is 5.41 Å². The van der Waals surface area contributed by atoms with Crippen LogP contribution in [0.4, 0.5) is 0 Å². The lowest BCUT2D eigenvalue weighted by atomic mass is 9.87. The van der Waals surface area contributed by atoms with E-state index >= 15 is 0 Å². The Morgan fingerprint density at radius 1 is 1.05 bits per heavy atom. The quantitative estimate of drug-likeness (QED) is 0.460. The number of halogens is 1. The molecule has 1 amide bonds. The molecule has 0 saturated heterocycles. The molecule has 0 atom stereocenters. The van der Waals surface area contributed by atoms with E-state index in [1.54, 1.807) is 6.21 Å². The van der Waals surface area contributed by atoms with Gasteiger partial charge in [-0.2, -0.15) is 5.10 Å². The number of nitrogens with one attached hydrogen (secondary N) is 1. The fraction of sp³-hybridized carbons (Fsp3) is 0.222. The van der Waals surface area contributed by atoms with Crippen LogP contribution in [0, 0.1) is 3.57 Å². The lowest BCUT2D eigenvalue weighted by Crippen LogP contribution is -2.18. The highest BCUT2D eigenvalue weighted by molar-refractivity contribution is 14.1. The third-order valence-corrected chi connectivity index (χ3v) is 3.98. The minimum Gasteiger partial charge on any atom is -0.267 e. The predicted octanol–water partition coefficient (Wildman–Crippen LogP) is 4.35. The molecule has 2 rings (SSSR count). The van der Waals surface area contributed by atoms with Crippen molar-refractivity contribution in [2.24, 2.45) is 5.10 Å². The maximum atomic E-state index is 12.0. The van der Waals surface area contributed by atoms with E-state index in [0.717, 1.165) is 9.13 Å². The molecule has 0 aliphatic carbocycles. The van der Waals surface area contributed by atoms with Crippen molar-refractivity contribution in [1.82, 2.24) is 5.43 Å². The Hall–Kier alpha value is -1.69. The van der Waals surface area contributed by atoms with E-state index in [2.05, 4.69) is 53.9 Å². The second-order valence-electron chi connectivity index (χ2n) is 6.08. The third kappa shape index (κ3) is 4.66. The summed E-state index contributed by atoms with van der Waals surface area (Å²) >= 11 is 2.25. The van der Waals surface area contributed by atoms with E-state index in [9.17, 15) is 4.79 Å². The molecule has 2 aromatic carbocycles. The first-order valence-electron chi connectivity index (χ1n) is 7.06. The van der Waals surface area contributed by atoms with Gasteiger partial charge in [-0.1, -0.05) is 45.0 Å². The molecule has 0 aliphatic rings. The van der Waals surface area contributed by atoms with E-state index in [4.69, 9.17) is 0 Å². The van der Waals surface area contributed by atoms with Crippen LogP contribution >= 0.6 is 22.6 Å². The summed E-state index contributed by atoms with van der Waals surface area (Å²) in [6, 6.07) is 15.5. The summed E-state index contributed by atoms with van der Waals surface area (Å²) in [5, 5.41) is 3.99. The Kier molecular flexibility index (Phi) is 5.34. The molecule has 0 unspecified atom stereocenters. The van der Waals surface area contributed by atoms with E-state index in [-0.39, 0.29) is 11.3 Å². The molecular formula is C18H19IN2O. The molecule has 1 N–H and O–H groups in total. The lowest BCUT2D eigenvalue weighted by Gasteiger charge is -2.18. The number of rotatable bonds is 3. The van der Waals surface area contributed by atoms with Crippen LogP contribution in [0.3, 0.4) is 0 Å². The zero-order chi connectivity index (χ0) is 16.2. The zero-order valence-corrected chi connectivity index (χ0v) is 15.1. The number of nitrogens with zero attached hydrogens (tertiary/aromatic N) is 1. The second kappa shape index (κ2) is 7.05. The fourth-order valence-corrected chi connectivity index (χ4v) is 2.26. The Balaban J connectivity index is 1.99. The molecule has 0 aliphatic heterocycles. The van der Waals surface area contributed by atoms with Gasteiger partial charge in [-0.25, -0.2) is 5.43 Å². The highest BCUT2D eigenvalue weighted by atomic mass is 127. The first-order chi connectivity index (χ1) is 10.4.